The molecule has 4 aromatic rings. The molecule has 0 saturated heterocycles. The van der Waals surface area contributed by atoms with E-state index in [4.69, 9.17) is 0 Å². The van der Waals surface area contributed by atoms with Crippen molar-refractivity contribution in [3.63, 3.8) is 0 Å². The lowest BCUT2D eigenvalue weighted by Gasteiger charge is -2.25. The Morgan fingerprint density at radius 3 is 2.03 bits per heavy atom. The van der Waals surface area contributed by atoms with E-state index in [0.717, 1.165) is 0 Å². The molecule has 0 spiro atoms. The van der Waals surface area contributed by atoms with E-state index in [1.54, 1.807) is 0 Å². The third-order valence-corrected chi connectivity index (χ3v) is 7.07. The Morgan fingerprint density at radius 1 is 0.621 bits per heavy atom. The highest BCUT2D eigenvalue weighted by molar-refractivity contribution is 14.1. The second-order valence-electron chi connectivity index (χ2n) is 8.06. The monoisotopic (exact) mass is 487 g/mol. The summed E-state index contributed by atoms with van der Waals surface area (Å²) in [7, 11) is 0. The third-order valence-electron chi connectivity index (χ3n) is 5.99. The number of fused-ring (bicyclic) bond motifs is 3. The maximum absolute atomic E-state index is 2.44. The van der Waals surface area contributed by atoms with Crippen LogP contribution in [0.1, 0.15) is 25.0 Å². The lowest BCUT2D eigenvalue weighted by molar-refractivity contribution is 0.660. The van der Waals surface area contributed by atoms with Gasteiger partial charge in [-0.1, -0.05) is 92.7 Å². The summed E-state index contributed by atoms with van der Waals surface area (Å²) in [6.07, 6.45) is 0. The van der Waals surface area contributed by atoms with Gasteiger partial charge >= 0.3 is 0 Å². The van der Waals surface area contributed by atoms with Gasteiger partial charge in [0.1, 0.15) is 0 Å². The number of halogens is 1. The molecule has 0 fully saturated rings. The predicted octanol–water partition coefficient (Wildman–Crippen LogP) is 8.15. The molecular formula is C27H22IN. The first-order valence-electron chi connectivity index (χ1n) is 9.92. The van der Waals surface area contributed by atoms with Crippen molar-refractivity contribution in [2.24, 2.45) is 0 Å². The van der Waals surface area contributed by atoms with E-state index in [1.807, 2.05) is 0 Å². The van der Waals surface area contributed by atoms with Crippen LogP contribution in [0.3, 0.4) is 0 Å². The zero-order valence-corrected chi connectivity index (χ0v) is 18.7. The Balaban J connectivity index is 1.61. The Bertz CT molecular complexity index is 1190. The number of nitrogens with zero attached hydrogens (tertiary/aromatic N) is 1. The third kappa shape index (κ3) is 2.98. The number of benzene rings is 4. The van der Waals surface area contributed by atoms with Crippen LogP contribution >= 0.6 is 22.9 Å². The van der Waals surface area contributed by atoms with Crippen LogP contribution in [-0.2, 0) is 5.41 Å². The van der Waals surface area contributed by atoms with E-state index in [0.29, 0.717) is 0 Å². The van der Waals surface area contributed by atoms with Gasteiger partial charge in [-0.15, -0.1) is 0 Å². The zero-order valence-electron chi connectivity index (χ0n) is 16.6. The van der Waals surface area contributed by atoms with Crippen molar-refractivity contribution < 1.29 is 0 Å². The first-order chi connectivity index (χ1) is 14.1. The Hall–Kier alpha value is -2.59. The van der Waals surface area contributed by atoms with Gasteiger partial charge in [-0.2, -0.15) is 0 Å². The molecule has 0 aliphatic heterocycles. The van der Waals surface area contributed by atoms with Gasteiger partial charge in [0.05, 0.1) is 34.2 Å². The van der Waals surface area contributed by atoms with E-state index >= 15 is 0 Å². The molecule has 1 nitrogen and oxygen atoms in total. The van der Waals surface area contributed by atoms with Crippen LogP contribution in [0.25, 0.3) is 22.3 Å². The fourth-order valence-corrected chi connectivity index (χ4v) is 5.18. The molecule has 1 aliphatic rings. The van der Waals surface area contributed by atoms with Gasteiger partial charge in [0.25, 0.3) is 0 Å². The Labute approximate surface area is 186 Å². The molecule has 0 radical (unpaired) electrons. The minimum atomic E-state index is 0.0123. The van der Waals surface area contributed by atoms with Gasteiger partial charge in [0, 0.05) is 11.0 Å². The van der Waals surface area contributed by atoms with Crippen molar-refractivity contribution >= 4 is 34.2 Å². The molecule has 0 amide bonds. The maximum atomic E-state index is 2.44. The van der Waals surface area contributed by atoms with Crippen molar-refractivity contribution in [1.29, 1.82) is 0 Å². The first-order valence-corrected chi connectivity index (χ1v) is 10.9. The summed E-state index contributed by atoms with van der Waals surface area (Å²) in [6.45, 7) is 4.66. The topological polar surface area (TPSA) is 3.24 Å². The van der Waals surface area contributed by atoms with Crippen LogP contribution in [0.2, 0.25) is 0 Å². The molecular weight excluding hydrogens is 465 g/mol. The summed E-state index contributed by atoms with van der Waals surface area (Å²) in [6, 6.07) is 34.9. The average molecular weight is 487 g/mol. The first kappa shape index (κ1) is 18.4. The second-order valence-corrected chi connectivity index (χ2v) is 9.03. The quantitative estimate of drug-likeness (QED) is 0.208. The summed E-state index contributed by atoms with van der Waals surface area (Å²) in [5, 5.41) is 0. The van der Waals surface area contributed by atoms with Crippen LogP contribution in [0.4, 0.5) is 11.4 Å². The molecule has 4 aromatic carbocycles. The van der Waals surface area contributed by atoms with E-state index < -0.39 is 0 Å². The molecule has 0 saturated carbocycles. The van der Waals surface area contributed by atoms with Gasteiger partial charge in [-0.25, -0.2) is 0 Å². The van der Waals surface area contributed by atoms with Crippen LogP contribution in [0.15, 0.2) is 97.1 Å². The summed E-state index contributed by atoms with van der Waals surface area (Å²) in [5.41, 5.74) is 10.4. The average Bonchev–Trinajstić information content (AvgIpc) is 3.01. The minimum Gasteiger partial charge on any atom is -0.282 e. The number of anilines is 2. The van der Waals surface area contributed by atoms with E-state index in [-0.39, 0.29) is 5.41 Å². The number of hydrogen-bond donors (Lipinski definition) is 0. The number of para-hydroxylation sites is 1. The van der Waals surface area contributed by atoms with Gasteiger partial charge in [0.2, 0.25) is 0 Å². The lowest BCUT2D eigenvalue weighted by Crippen LogP contribution is -2.15. The maximum Gasteiger partial charge on any atom is 0.0646 e. The van der Waals surface area contributed by atoms with Crippen molar-refractivity contribution in [3.05, 3.63) is 108 Å². The fraction of sp³-hybridized carbons (Fsp3) is 0.111. The summed E-state index contributed by atoms with van der Waals surface area (Å²) < 4.78 is 2.28. The molecule has 0 N–H and O–H groups in total. The molecule has 29 heavy (non-hydrogen) atoms. The largest absolute Gasteiger partial charge is 0.282 e. The van der Waals surface area contributed by atoms with Gasteiger partial charge in [0.15, 0.2) is 0 Å². The number of hydrogen-bond acceptors (Lipinski definition) is 1. The Morgan fingerprint density at radius 2 is 1.24 bits per heavy atom. The van der Waals surface area contributed by atoms with Crippen LogP contribution < -0.4 is 3.11 Å². The zero-order chi connectivity index (χ0) is 20.0. The van der Waals surface area contributed by atoms with E-state index in [2.05, 4.69) is 137 Å². The predicted molar refractivity (Wildman–Crippen MR) is 132 cm³/mol. The van der Waals surface area contributed by atoms with E-state index in [1.165, 1.54) is 44.8 Å². The van der Waals surface area contributed by atoms with Crippen LogP contribution in [0.5, 0.6) is 0 Å². The van der Waals surface area contributed by atoms with Gasteiger partial charge in [-0.05, 0) is 46.0 Å². The lowest BCUT2D eigenvalue weighted by atomic mass is 9.82. The molecule has 0 bridgehead atoms. The minimum absolute atomic E-state index is 0.0123. The van der Waals surface area contributed by atoms with Crippen LogP contribution in [0, 0.1) is 0 Å². The van der Waals surface area contributed by atoms with E-state index in [9.17, 15) is 0 Å². The van der Waals surface area contributed by atoms with Crippen molar-refractivity contribution in [2.75, 3.05) is 3.11 Å². The van der Waals surface area contributed by atoms with Crippen LogP contribution in [-0.4, -0.2) is 0 Å². The summed E-state index contributed by atoms with van der Waals surface area (Å²) in [4.78, 5) is 0. The molecule has 0 atom stereocenters. The summed E-state index contributed by atoms with van der Waals surface area (Å²) >= 11 is 2.44. The molecule has 0 heterocycles. The molecule has 0 aromatic heterocycles. The SMILES string of the molecule is CC1(C)c2ccccc2-c2ccc(N(I)c3ccccc3-c3ccccc3)cc21. The molecule has 2 heteroatoms. The highest BCUT2D eigenvalue weighted by Crippen LogP contribution is 2.50. The molecule has 1 aliphatic carbocycles. The Kier molecular flexibility index (Phi) is 4.47. The standard InChI is InChI=1S/C27H22IN/c1-27(2)24-14-8-6-13-22(24)23-17-16-20(18-25(23)27)29(28)26-15-9-7-12-21(26)19-10-4-3-5-11-19/h3-18H,1-2H3. The van der Waals surface area contributed by atoms with Crippen molar-refractivity contribution in [3.8, 4) is 22.3 Å². The highest BCUT2D eigenvalue weighted by atomic mass is 127. The number of rotatable bonds is 3. The van der Waals surface area contributed by atoms with Gasteiger partial charge < -0.3 is 0 Å². The smallest absolute Gasteiger partial charge is 0.0646 e. The molecule has 142 valence electrons. The van der Waals surface area contributed by atoms with Crippen molar-refractivity contribution in [2.45, 2.75) is 19.3 Å². The second kappa shape index (κ2) is 7.03. The molecule has 5 rings (SSSR count). The summed E-state index contributed by atoms with van der Waals surface area (Å²) in [5.74, 6) is 0. The van der Waals surface area contributed by atoms with Gasteiger partial charge in [-0.3, -0.25) is 3.11 Å². The molecule has 0 unspecified atom stereocenters. The van der Waals surface area contributed by atoms with Crippen molar-refractivity contribution in [1.82, 2.24) is 0 Å². The highest BCUT2D eigenvalue weighted by Gasteiger charge is 2.35. The fourth-order valence-electron chi connectivity index (χ4n) is 4.46. The normalized spacial score (nSPS) is 13.6.